The maximum atomic E-state index is 11.3. The highest BCUT2D eigenvalue weighted by atomic mass is 16.5. The predicted molar refractivity (Wildman–Crippen MR) is 62.1 cm³/mol. The highest BCUT2D eigenvalue weighted by Gasteiger charge is 2.16. The number of para-hydroxylation sites is 1. The van der Waals surface area contributed by atoms with E-state index < -0.39 is 5.97 Å². The van der Waals surface area contributed by atoms with Gasteiger partial charge < -0.3 is 9.94 Å². The van der Waals surface area contributed by atoms with Crippen LogP contribution in [0.25, 0.3) is 10.9 Å². The number of aromatic nitrogens is 1. The van der Waals surface area contributed by atoms with Crippen molar-refractivity contribution in [2.45, 2.75) is 0 Å². The lowest BCUT2D eigenvalue weighted by Crippen LogP contribution is -2.18. The van der Waals surface area contributed by atoms with Crippen molar-refractivity contribution >= 4 is 22.6 Å². The summed E-state index contributed by atoms with van der Waals surface area (Å²) < 4.78 is 4.50. The SMILES string of the molecule is COC(=O)C(=NO)c1ccc2ccccc2n1. The largest absolute Gasteiger partial charge is 0.464 e. The van der Waals surface area contributed by atoms with Crippen LogP contribution in [0, 0.1) is 0 Å². The molecule has 0 radical (unpaired) electrons. The van der Waals surface area contributed by atoms with Gasteiger partial charge in [0.2, 0.25) is 5.71 Å². The van der Waals surface area contributed by atoms with Crippen molar-refractivity contribution in [2.24, 2.45) is 5.16 Å². The minimum absolute atomic E-state index is 0.210. The van der Waals surface area contributed by atoms with E-state index in [1.165, 1.54) is 7.11 Å². The molecule has 0 saturated heterocycles. The zero-order valence-corrected chi connectivity index (χ0v) is 9.12. The van der Waals surface area contributed by atoms with E-state index >= 15 is 0 Å². The fraction of sp³-hybridized carbons (Fsp3) is 0.0833. The molecule has 0 bridgehead atoms. The number of oxime groups is 1. The van der Waals surface area contributed by atoms with Crippen molar-refractivity contribution < 1.29 is 14.7 Å². The molecule has 1 heterocycles. The number of fused-ring (bicyclic) bond motifs is 1. The molecule has 2 aromatic rings. The summed E-state index contributed by atoms with van der Waals surface area (Å²) in [5, 5.41) is 12.7. The summed E-state index contributed by atoms with van der Waals surface area (Å²) in [6.07, 6.45) is 0. The van der Waals surface area contributed by atoms with Gasteiger partial charge >= 0.3 is 5.97 Å². The van der Waals surface area contributed by atoms with E-state index in [9.17, 15) is 4.79 Å². The molecule has 0 amide bonds. The average Bonchev–Trinajstić information content (AvgIpc) is 2.39. The van der Waals surface area contributed by atoms with Crippen LogP contribution in [-0.4, -0.2) is 29.0 Å². The van der Waals surface area contributed by atoms with E-state index in [0.29, 0.717) is 0 Å². The van der Waals surface area contributed by atoms with Gasteiger partial charge in [-0.25, -0.2) is 9.78 Å². The average molecular weight is 230 g/mol. The van der Waals surface area contributed by atoms with Gasteiger partial charge in [-0.3, -0.25) is 0 Å². The number of hydrogen-bond acceptors (Lipinski definition) is 5. The van der Waals surface area contributed by atoms with Gasteiger partial charge in [0.25, 0.3) is 0 Å². The first-order valence-corrected chi connectivity index (χ1v) is 4.93. The van der Waals surface area contributed by atoms with Gasteiger partial charge in [-0.2, -0.15) is 0 Å². The highest BCUT2D eigenvalue weighted by molar-refractivity contribution is 6.42. The number of carbonyl (C=O) groups excluding carboxylic acids is 1. The molecule has 0 spiro atoms. The molecule has 0 aliphatic carbocycles. The van der Waals surface area contributed by atoms with Gasteiger partial charge in [0, 0.05) is 5.39 Å². The maximum Gasteiger partial charge on any atom is 0.362 e. The number of pyridine rings is 1. The van der Waals surface area contributed by atoms with Gasteiger partial charge in [0.1, 0.15) is 5.69 Å². The lowest BCUT2D eigenvalue weighted by Gasteiger charge is -2.03. The molecule has 17 heavy (non-hydrogen) atoms. The molecular formula is C12H10N2O3. The Morgan fingerprint density at radius 1 is 1.29 bits per heavy atom. The Bertz CT molecular complexity index is 593. The van der Waals surface area contributed by atoms with Crippen molar-refractivity contribution in [1.82, 2.24) is 4.98 Å². The van der Waals surface area contributed by atoms with Crippen LogP contribution in [0.5, 0.6) is 0 Å². The Morgan fingerprint density at radius 2 is 2.06 bits per heavy atom. The summed E-state index contributed by atoms with van der Waals surface area (Å²) in [5.41, 5.74) is 0.784. The molecule has 0 atom stereocenters. The van der Waals surface area contributed by atoms with Crippen molar-refractivity contribution in [2.75, 3.05) is 7.11 Å². The summed E-state index contributed by atoms with van der Waals surface area (Å²) in [5.74, 6) is -0.727. The second-order valence-electron chi connectivity index (χ2n) is 3.33. The minimum atomic E-state index is -0.727. The van der Waals surface area contributed by atoms with E-state index in [1.54, 1.807) is 12.1 Å². The van der Waals surface area contributed by atoms with Gasteiger partial charge in [-0.15, -0.1) is 0 Å². The number of ether oxygens (including phenoxy) is 1. The molecule has 2 rings (SSSR count). The number of carbonyl (C=O) groups is 1. The van der Waals surface area contributed by atoms with E-state index in [-0.39, 0.29) is 11.4 Å². The van der Waals surface area contributed by atoms with Gasteiger partial charge in [0.05, 0.1) is 12.6 Å². The summed E-state index contributed by atoms with van der Waals surface area (Å²) >= 11 is 0. The van der Waals surface area contributed by atoms with Gasteiger partial charge in [-0.05, 0) is 12.1 Å². The lowest BCUT2D eigenvalue weighted by molar-refractivity contribution is -0.132. The minimum Gasteiger partial charge on any atom is -0.464 e. The van der Waals surface area contributed by atoms with Crippen molar-refractivity contribution in [3.05, 3.63) is 42.1 Å². The molecular weight excluding hydrogens is 220 g/mol. The van der Waals surface area contributed by atoms with E-state index in [1.807, 2.05) is 24.3 Å². The topological polar surface area (TPSA) is 71.8 Å². The lowest BCUT2D eigenvalue weighted by atomic mass is 10.1. The molecule has 5 nitrogen and oxygen atoms in total. The third kappa shape index (κ3) is 2.08. The van der Waals surface area contributed by atoms with Crippen molar-refractivity contribution in [1.29, 1.82) is 0 Å². The summed E-state index contributed by atoms with van der Waals surface area (Å²) in [4.78, 5) is 15.6. The van der Waals surface area contributed by atoms with Crippen molar-refractivity contribution in [3.63, 3.8) is 0 Å². The third-order valence-corrected chi connectivity index (χ3v) is 2.32. The van der Waals surface area contributed by atoms with E-state index in [0.717, 1.165) is 10.9 Å². The second-order valence-corrected chi connectivity index (χ2v) is 3.33. The van der Waals surface area contributed by atoms with Crippen LogP contribution < -0.4 is 0 Å². The smallest absolute Gasteiger partial charge is 0.362 e. The van der Waals surface area contributed by atoms with Crippen LogP contribution in [0.15, 0.2) is 41.6 Å². The zero-order valence-electron chi connectivity index (χ0n) is 9.12. The number of hydrogen-bond donors (Lipinski definition) is 1. The molecule has 0 saturated carbocycles. The zero-order chi connectivity index (χ0) is 12.3. The molecule has 1 N–H and O–H groups in total. The van der Waals surface area contributed by atoms with Crippen LogP contribution in [0.2, 0.25) is 0 Å². The fourth-order valence-electron chi connectivity index (χ4n) is 1.49. The number of esters is 1. The molecule has 1 aromatic carbocycles. The normalized spacial score (nSPS) is 11.5. The summed E-state index contributed by atoms with van der Waals surface area (Å²) in [6, 6.07) is 10.9. The second kappa shape index (κ2) is 4.61. The molecule has 0 aliphatic rings. The standard InChI is InChI=1S/C12H10N2O3/c1-17-12(15)11(14-16)10-7-6-8-4-2-3-5-9(8)13-10/h2-7,16H,1H3. The Hall–Kier alpha value is -2.43. The van der Waals surface area contributed by atoms with Crippen LogP contribution >= 0.6 is 0 Å². The Morgan fingerprint density at radius 3 is 2.76 bits per heavy atom. The first-order valence-electron chi connectivity index (χ1n) is 4.93. The number of benzene rings is 1. The first kappa shape index (κ1) is 11.1. The predicted octanol–water partition coefficient (Wildman–Crippen LogP) is 1.59. The van der Waals surface area contributed by atoms with Crippen LogP contribution in [0.3, 0.4) is 0 Å². The third-order valence-electron chi connectivity index (χ3n) is 2.32. The fourth-order valence-corrected chi connectivity index (χ4v) is 1.49. The molecule has 0 unspecified atom stereocenters. The Kier molecular flexibility index (Phi) is 3.00. The summed E-state index contributed by atoms with van der Waals surface area (Å²) in [6.45, 7) is 0. The molecule has 86 valence electrons. The van der Waals surface area contributed by atoms with E-state index in [4.69, 9.17) is 5.21 Å². The molecule has 0 fully saturated rings. The quantitative estimate of drug-likeness (QED) is 0.368. The summed E-state index contributed by atoms with van der Waals surface area (Å²) in [7, 11) is 1.22. The van der Waals surface area contributed by atoms with Gasteiger partial charge in [-0.1, -0.05) is 29.4 Å². The van der Waals surface area contributed by atoms with E-state index in [2.05, 4.69) is 14.9 Å². The molecule has 1 aromatic heterocycles. The van der Waals surface area contributed by atoms with Crippen LogP contribution in [0.1, 0.15) is 5.69 Å². The Balaban J connectivity index is 2.52. The maximum absolute atomic E-state index is 11.3. The Labute approximate surface area is 97.3 Å². The highest BCUT2D eigenvalue weighted by Crippen LogP contribution is 2.12. The van der Waals surface area contributed by atoms with Gasteiger partial charge in [0.15, 0.2) is 0 Å². The van der Waals surface area contributed by atoms with Crippen molar-refractivity contribution in [3.8, 4) is 0 Å². The number of methoxy groups -OCH3 is 1. The molecule has 5 heteroatoms. The van der Waals surface area contributed by atoms with Crippen LogP contribution in [0.4, 0.5) is 0 Å². The number of rotatable bonds is 2. The number of nitrogens with zero attached hydrogens (tertiary/aromatic N) is 2. The molecule has 0 aliphatic heterocycles. The first-order chi connectivity index (χ1) is 8.26. The van der Waals surface area contributed by atoms with Crippen LogP contribution in [-0.2, 0) is 9.53 Å². The monoisotopic (exact) mass is 230 g/mol.